The molecule has 5 nitrogen and oxygen atoms in total. The summed E-state index contributed by atoms with van der Waals surface area (Å²) >= 11 is 1.68. The van der Waals surface area contributed by atoms with Gasteiger partial charge in [-0.3, -0.25) is 0 Å². The molecule has 1 aromatic rings. The molecule has 0 spiro atoms. The number of urea groups is 1. The third-order valence-corrected chi connectivity index (χ3v) is 4.95. The fourth-order valence-corrected chi connectivity index (χ4v) is 3.45. The zero-order valence-corrected chi connectivity index (χ0v) is 15.0. The lowest BCUT2D eigenvalue weighted by Gasteiger charge is -2.33. The Morgan fingerprint density at radius 3 is 2.55 bits per heavy atom. The smallest absolute Gasteiger partial charge is 0.317 e. The number of rotatable bonds is 4. The summed E-state index contributed by atoms with van der Waals surface area (Å²) in [6, 6.07) is 0.0587. The zero-order chi connectivity index (χ0) is 16.2. The van der Waals surface area contributed by atoms with Crippen molar-refractivity contribution in [3.05, 3.63) is 16.1 Å². The Balaban J connectivity index is 1.72. The average Bonchev–Trinajstić information content (AvgIpc) is 2.96. The Bertz CT molecular complexity index is 487. The predicted molar refractivity (Wildman–Crippen MR) is 91.6 cm³/mol. The Hall–Kier alpha value is -1.14. The molecular formula is C16H28N4OS. The number of carbonyl (C=O) groups excluding carboxylic acids is 1. The van der Waals surface area contributed by atoms with Crippen molar-refractivity contribution in [3.63, 3.8) is 0 Å². The van der Waals surface area contributed by atoms with Gasteiger partial charge in [-0.2, -0.15) is 0 Å². The lowest BCUT2D eigenvalue weighted by atomic mass is 9.93. The van der Waals surface area contributed by atoms with Crippen molar-refractivity contribution in [1.29, 1.82) is 0 Å². The van der Waals surface area contributed by atoms with Crippen LogP contribution in [0, 0.1) is 0 Å². The standard InChI is InChI=1S/C16H28N4OS/c1-5-19-8-10-20(11-9-19)15(21)17-7-6-14-18-13(12-22-14)16(2,3)4/h12H,5-11H2,1-4H3,(H,17,21). The highest BCUT2D eigenvalue weighted by Gasteiger charge is 2.20. The molecule has 2 heterocycles. The predicted octanol–water partition coefficient (Wildman–Crippen LogP) is 2.33. The highest BCUT2D eigenvalue weighted by Crippen LogP contribution is 2.23. The Morgan fingerprint density at radius 2 is 2.00 bits per heavy atom. The van der Waals surface area contributed by atoms with Crippen LogP contribution in [0.4, 0.5) is 4.79 Å². The van der Waals surface area contributed by atoms with Crippen LogP contribution in [-0.2, 0) is 11.8 Å². The number of likely N-dealkylation sites (N-methyl/N-ethyl adjacent to an activating group) is 1. The Labute approximate surface area is 137 Å². The molecule has 22 heavy (non-hydrogen) atoms. The maximum atomic E-state index is 12.1. The molecule has 0 atom stereocenters. The number of aromatic nitrogens is 1. The SMILES string of the molecule is CCN1CCN(C(=O)NCCc2nc(C(C)(C)C)cs2)CC1. The van der Waals surface area contributed by atoms with Crippen LogP contribution in [0.1, 0.15) is 38.4 Å². The zero-order valence-electron chi connectivity index (χ0n) is 14.2. The van der Waals surface area contributed by atoms with E-state index in [1.165, 1.54) is 0 Å². The molecule has 0 saturated carbocycles. The highest BCUT2D eigenvalue weighted by atomic mass is 32.1. The van der Waals surface area contributed by atoms with E-state index in [1.807, 2.05) is 4.90 Å². The first kappa shape index (κ1) is 17.2. The van der Waals surface area contributed by atoms with Crippen molar-refractivity contribution >= 4 is 17.4 Å². The molecule has 1 aromatic heterocycles. The van der Waals surface area contributed by atoms with Crippen molar-refractivity contribution in [2.24, 2.45) is 0 Å². The second kappa shape index (κ2) is 7.42. The third-order valence-electron chi connectivity index (χ3n) is 4.04. The van der Waals surface area contributed by atoms with Gasteiger partial charge >= 0.3 is 6.03 Å². The minimum absolute atomic E-state index is 0.0587. The van der Waals surface area contributed by atoms with Crippen LogP contribution in [0.15, 0.2) is 5.38 Å². The van der Waals surface area contributed by atoms with Crippen LogP contribution in [0.25, 0.3) is 0 Å². The summed E-state index contributed by atoms with van der Waals surface area (Å²) in [5, 5.41) is 6.24. The molecule has 1 aliphatic rings. The van der Waals surface area contributed by atoms with Gasteiger partial charge in [-0.25, -0.2) is 9.78 Å². The highest BCUT2D eigenvalue weighted by molar-refractivity contribution is 7.09. The van der Waals surface area contributed by atoms with Crippen LogP contribution in [0.3, 0.4) is 0 Å². The molecule has 124 valence electrons. The fraction of sp³-hybridized carbons (Fsp3) is 0.750. The Morgan fingerprint density at radius 1 is 1.32 bits per heavy atom. The molecule has 0 aliphatic carbocycles. The minimum atomic E-state index is 0.0587. The lowest BCUT2D eigenvalue weighted by molar-refractivity contribution is 0.143. The van der Waals surface area contributed by atoms with Crippen molar-refractivity contribution in [3.8, 4) is 0 Å². The van der Waals surface area contributed by atoms with E-state index in [9.17, 15) is 4.79 Å². The lowest BCUT2D eigenvalue weighted by Crippen LogP contribution is -2.51. The van der Waals surface area contributed by atoms with Gasteiger partial charge < -0.3 is 15.1 Å². The Kier molecular flexibility index (Phi) is 5.81. The number of nitrogens with one attached hydrogen (secondary N) is 1. The largest absolute Gasteiger partial charge is 0.338 e. The van der Waals surface area contributed by atoms with Crippen molar-refractivity contribution in [2.75, 3.05) is 39.3 Å². The molecule has 6 heteroatoms. The number of carbonyl (C=O) groups is 1. The van der Waals surface area contributed by atoms with Crippen LogP contribution in [-0.4, -0.2) is 60.1 Å². The van der Waals surface area contributed by atoms with E-state index >= 15 is 0 Å². The number of thiazole rings is 1. The summed E-state index contributed by atoms with van der Waals surface area (Å²) in [6.45, 7) is 14.0. The molecule has 2 amide bonds. The molecule has 1 aliphatic heterocycles. The summed E-state index contributed by atoms with van der Waals surface area (Å²) < 4.78 is 0. The second-order valence-corrected chi connectivity index (χ2v) is 7.72. The summed E-state index contributed by atoms with van der Waals surface area (Å²) in [5.74, 6) is 0. The maximum Gasteiger partial charge on any atom is 0.317 e. The van der Waals surface area contributed by atoms with Gasteiger partial charge in [0.25, 0.3) is 0 Å². The van der Waals surface area contributed by atoms with Crippen LogP contribution in [0.2, 0.25) is 0 Å². The summed E-state index contributed by atoms with van der Waals surface area (Å²) in [4.78, 5) is 21.1. The normalized spacial score (nSPS) is 16.8. The number of hydrogen-bond acceptors (Lipinski definition) is 4. The van der Waals surface area contributed by atoms with E-state index in [2.05, 4.69) is 48.3 Å². The summed E-state index contributed by atoms with van der Waals surface area (Å²) in [6.07, 6.45) is 0.807. The number of nitrogens with zero attached hydrogens (tertiary/aromatic N) is 3. The molecule has 0 aromatic carbocycles. The van der Waals surface area contributed by atoms with Gasteiger partial charge in [0, 0.05) is 49.9 Å². The topological polar surface area (TPSA) is 48.5 Å². The van der Waals surface area contributed by atoms with Gasteiger partial charge in [0.1, 0.15) is 0 Å². The van der Waals surface area contributed by atoms with E-state index in [0.29, 0.717) is 6.54 Å². The van der Waals surface area contributed by atoms with Crippen molar-refractivity contribution < 1.29 is 4.79 Å². The second-order valence-electron chi connectivity index (χ2n) is 6.78. The quantitative estimate of drug-likeness (QED) is 0.925. The molecule has 0 bridgehead atoms. The third kappa shape index (κ3) is 4.68. The molecule has 0 unspecified atom stereocenters. The van der Waals surface area contributed by atoms with E-state index < -0.39 is 0 Å². The average molecular weight is 324 g/mol. The summed E-state index contributed by atoms with van der Waals surface area (Å²) in [7, 11) is 0. The van der Waals surface area contributed by atoms with Gasteiger partial charge in [-0.15, -0.1) is 11.3 Å². The first-order valence-electron chi connectivity index (χ1n) is 8.10. The monoisotopic (exact) mass is 324 g/mol. The van der Waals surface area contributed by atoms with Crippen LogP contribution >= 0.6 is 11.3 Å². The van der Waals surface area contributed by atoms with E-state index in [1.54, 1.807) is 11.3 Å². The van der Waals surface area contributed by atoms with Crippen molar-refractivity contribution in [2.45, 2.75) is 39.5 Å². The minimum Gasteiger partial charge on any atom is -0.338 e. The molecule has 0 radical (unpaired) electrons. The van der Waals surface area contributed by atoms with Crippen molar-refractivity contribution in [1.82, 2.24) is 20.1 Å². The first-order chi connectivity index (χ1) is 10.4. The number of amides is 2. The van der Waals surface area contributed by atoms with Crippen LogP contribution in [0.5, 0.6) is 0 Å². The van der Waals surface area contributed by atoms with E-state index in [4.69, 9.17) is 0 Å². The first-order valence-corrected chi connectivity index (χ1v) is 8.98. The van der Waals surface area contributed by atoms with Gasteiger partial charge in [-0.1, -0.05) is 27.7 Å². The molecular weight excluding hydrogens is 296 g/mol. The number of hydrogen-bond donors (Lipinski definition) is 1. The van der Waals surface area contributed by atoms with E-state index in [0.717, 1.165) is 49.8 Å². The molecule has 1 N–H and O–H groups in total. The van der Waals surface area contributed by atoms with Gasteiger partial charge in [0.15, 0.2) is 0 Å². The van der Waals surface area contributed by atoms with Crippen LogP contribution < -0.4 is 5.32 Å². The number of piperazine rings is 1. The maximum absolute atomic E-state index is 12.1. The summed E-state index contributed by atoms with van der Waals surface area (Å²) in [5.41, 5.74) is 1.23. The molecule has 2 rings (SSSR count). The van der Waals surface area contributed by atoms with Gasteiger partial charge in [0.05, 0.1) is 10.7 Å². The van der Waals surface area contributed by atoms with Gasteiger partial charge in [-0.05, 0) is 6.54 Å². The van der Waals surface area contributed by atoms with E-state index in [-0.39, 0.29) is 11.4 Å². The van der Waals surface area contributed by atoms with Gasteiger partial charge in [0.2, 0.25) is 0 Å². The fourth-order valence-electron chi connectivity index (χ4n) is 2.43. The molecule has 1 saturated heterocycles. The molecule has 1 fully saturated rings.